The number of nitrogens with one attached hydrogen (secondary N) is 2. The number of aryl methyl sites for hydroxylation is 1. The van der Waals surface area contributed by atoms with Crippen LogP contribution in [-0.2, 0) is 15.3 Å². The first-order valence-electron chi connectivity index (χ1n) is 11.0. The summed E-state index contributed by atoms with van der Waals surface area (Å²) in [5.41, 5.74) is 3.67. The fraction of sp³-hybridized carbons (Fsp3) is 0.240. The smallest absolute Gasteiger partial charge is 0.336 e. The minimum absolute atomic E-state index is 0.0186. The van der Waals surface area contributed by atoms with Crippen LogP contribution in [0.1, 0.15) is 42.0 Å². The highest BCUT2D eigenvalue weighted by molar-refractivity contribution is 7.98. The van der Waals surface area contributed by atoms with Gasteiger partial charge in [0.05, 0.1) is 28.6 Å². The van der Waals surface area contributed by atoms with Gasteiger partial charge in [-0.05, 0) is 31.9 Å². The maximum Gasteiger partial charge on any atom is 0.336 e. The third-order valence-electron chi connectivity index (χ3n) is 5.65. The molecule has 2 aromatic carbocycles. The number of carbonyl (C=O) groups is 1. The lowest BCUT2D eigenvalue weighted by atomic mass is 9.82. The number of fused-ring (bicyclic) bond motifs is 1. The van der Waals surface area contributed by atoms with Crippen molar-refractivity contribution >= 4 is 29.2 Å². The van der Waals surface area contributed by atoms with Gasteiger partial charge in [-0.25, -0.2) is 9.78 Å². The van der Waals surface area contributed by atoms with Crippen molar-refractivity contribution in [2.45, 2.75) is 37.6 Å². The maximum atomic E-state index is 13.3. The lowest BCUT2D eigenvalue weighted by Crippen LogP contribution is -2.31. The molecule has 180 valence electrons. The molecule has 1 aromatic heterocycles. The number of allylic oxidation sites excluding steroid dienone is 1. The van der Waals surface area contributed by atoms with Gasteiger partial charge in [0.25, 0.3) is 11.2 Å². The average Bonchev–Trinajstić information content (AvgIpc) is 2.82. The molecule has 0 saturated carbocycles. The van der Waals surface area contributed by atoms with Crippen molar-refractivity contribution in [3.63, 3.8) is 0 Å². The number of aromatic amines is 1. The van der Waals surface area contributed by atoms with E-state index < -0.39 is 16.8 Å². The molecule has 2 heterocycles. The number of thioether (sulfide) groups is 1. The average molecular weight is 493 g/mol. The number of aromatic nitrogens is 2. The molecule has 1 aliphatic heterocycles. The number of carbonyl (C=O) groups excluding carboxylic acids is 1. The third-order valence-corrected chi connectivity index (χ3v) is 6.59. The van der Waals surface area contributed by atoms with Crippen LogP contribution in [0.25, 0.3) is 0 Å². The van der Waals surface area contributed by atoms with Gasteiger partial charge in [-0.15, -0.1) is 0 Å². The Kier molecular flexibility index (Phi) is 7.02. The van der Waals surface area contributed by atoms with Crippen molar-refractivity contribution in [2.24, 2.45) is 0 Å². The minimum Gasteiger partial charge on any atom is -0.463 e. The number of H-pyrrole nitrogens is 1. The Labute approximate surface area is 205 Å². The van der Waals surface area contributed by atoms with E-state index >= 15 is 0 Å². The number of ether oxygens (including phenoxy) is 1. The Hall–Kier alpha value is -3.92. The zero-order chi connectivity index (χ0) is 25.1. The first-order valence-corrected chi connectivity index (χ1v) is 12.0. The topological polar surface area (TPSA) is 127 Å². The SMILES string of the molecule is CCOC(=O)C1=C(C)Nc2nc(SCc3ccc([N+](=O)[O-])cc3)[nH]c(=O)c2C1c1ccc(C)cc1. The molecule has 1 atom stereocenters. The van der Waals surface area contributed by atoms with Gasteiger partial charge in [0.1, 0.15) is 5.82 Å². The number of non-ortho nitro benzene ring substituents is 1. The molecule has 0 saturated heterocycles. The molecule has 0 aliphatic carbocycles. The van der Waals surface area contributed by atoms with E-state index in [1.165, 1.54) is 23.9 Å². The summed E-state index contributed by atoms with van der Waals surface area (Å²) in [7, 11) is 0. The van der Waals surface area contributed by atoms with E-state index in [0.717, 1.165) is 16.7 Å². The fourth-order valence-corrected chi connectivity index (χ4v) is 4.75. The molecule has 1 aliphatic rings. The van der Waals surface area contributed by atoms with Gasteiger partial charge in [0.2, 0.25) is 0 Å². The van der Waals surface area contributed by atoms with Crippen LogP contribution >= 0.6 is 11.8 Å². The summed E-state index contributed by atoms with van der Waals surface area (Å²) < 4.78 is 5.30. The summed E-state index contributed by atoms with van der Waals surface area (Å²) in [6.45, 7) is 5.69. The monoisotopic (exact) mass is 492 g/mol. The van der Waals surface area contributed by atoms with E-state index in [4.69, 9.17) is 4.74 Å². The van der Waals surface area contributed by atoms with E-state index in [2.05, 4.69) is 15.3 Å². The Morgan fingerprint density at radius 3 is 2.46 bits per heavy atom. The molecule has 0 amide bonds. The zero-order valence-electron chi connectivity index (χ0n) is 19.5. The number of hydrogen-bond acceptors (Lipinski definition) is 8. The highest BCUT2D eigenvalue weighted by atomic mass is 32.2. The number of hydrogen-bond donors (Lipinski definition) is 2. The number of nitrogens with zero attached hydrogens (tertiary/aromatic N) is 2. The van der Waals surface area contributed by atoms with Gasteiger partial charge in [-0.1, -0.05) is 53.7 Å². The predicted molar refractivity (Wildman–Crippen MR) is 133 cm³/mol. The number of nitro benzene ring substituents is 1. The largest absolute Gasteiger partial charge is 0.463 e. The van der Waals surface area contributed by atoms with Crippen molar-refractivity contribution in [2.75, 3.05) is 11.9 Å². The van der Waals surface area contributed by atoms with Gasteiger partial charge in [-0.3, -0.25) is 14.9 Å². The van der Waals surface area contributed by atoms with Gasteiger partial charge in [0.15, 0.2) is 5.16 Å². The van der Waals surface area contributed by atoms with Crippen molar-refractivity contribution in [3.05, 3.63) is 103 Å². The summed E-state index contributed by atoms with van der Waals surface area (Å²) in [6.07, 6.45) is 0. The van der Waals surface area contributed by atoms with Crippen LogP contribution in [0, 0.1) is 17.0 Å². The number of esters is 1. The van der Waals surface area contributed by atoms with Crippen LogP contribution in [0.4, 0.5) is 11.5 Å². The Morgan fingerprint density at radius 2 is 1.83 bits per heavy atom. The van der Waals surface area contributed by atoms with Gasteiger partial charge in [-0.2, -0.15) is 0 Å². The molecular formula is C25H24N4O5S. The van der Waals surface area contributed by atoms with Crippen molar-refractivity contribution < 1.29 is 14.5 Å². The van der Waals surface area contributed by atoms with E-state index in [-0.39, 0.29) is 17.9 Å². The number of benzene rings is 2. The van der Waals surface area contributed by atoms with E-state index in [1.54, 1.807) is 26.0 Å². The van der Waals surface area contributed by atoms with Crippen LogP contribution in [-0.4, -0.2) is 27.5 Å². The van der Waals surface area contributed by atoms with Crippen LogP contribution in [0.5, 0.6) is 0 Å². The summed E-state index contributed by atoms with van der Waals surface area (Å²) in [6, 6.07) is 13.9. The summed E-state index contributed by atoms with van der Waals surface area (Å²) in [5, 5.41) is 14.4. The summed E-state index contributed by atoms with van der Waals surface area (Å²) in [5.74, 6) is -0.263. The number of rotatable bonds is 7. The molecule has 10 heteroatoms. The molecule has 35 heavy (non-hydrogen) atoms. The highest BCUT2D eigenvalue weighted by Gasteiger charge is 2.36. The predicted octanol–water partition coefficient (Wildman–Crippen LogP) is 4.67. The highest BCUT2D eigenvalue weighted by Crippen LogP contribution is 2.40. The van der Waals surface area contributed by atoms with Gasteiger partial charge < -0.3 is 15.0 Å². The first-order chi connectivity index (χ1) is 16.8. The Bertz CT molecular complexity index is 1360. The van der Waals surface area contributed by atoms with E-state index in [1.807, 2.05) is 31.2 Å². The summed E-state index contributed by atoms with van der Waals surface area (Å²) in [4.78, 5) is 44.0. The molecule has 3 aromatic rings. The summed E-state index contributed by atoms with van der Waals surface area (Å²) >= 11 is 1.31. The first kappa shape index (κ1) is 24.2. The van der Waals surface area contributed by atoms with Gasteiger partial charge >= 0.3 is 5.97 Å². The van der Waals surface area contributed by atoms with Crippen LogP contribution in [0.3, 0.4) is 0 Å². The molecule has 2 N–H and O–H groups in total. The lowest BCUT2D eigenvalue weighted by molar-refractivity contribution is -0.384. The molecule has 1 unspecified atom stereocenters. The second-order valence-electron chi connectivity index (χ2n) is 8.07. The Morgan fingerprint density at radius 1 is 1.14 bits per heavy atom. The number of anilines is 1. The van der Waals surface area contributed by atoms with Gasteiger partial charge in [0, 0.05) is 23.6 Å². The lowest BCUT2D eigenvalue weighted by Gasteiger charge is -2.28. The van der Waals surface area contributed by atoms with E-state index in [9.17, 15) is 19.7 Å². The normalized spacial score (nSPS) is 14.8. The molecule has 0 bridgehead atoms. The molecule has 0 radical (unpaired) electrons. The standard InChI is InChI=1S/C25H24N4O5S/c1-4-34-24(31)19-15(3)26-22-21(20(19)17-9-5-14(2)6-10-17)23(30)28-25(27-22)35-13-16-7-11-18(12-8-16)29(32)33/h5-12,20H,4,13H2,1-3H3,(H2,26,27,28,30). The third kappa shape index (κ3) is 5.12. The quantitative estimate of drug-likeness (QED) is 0.160. The van der Waals surface area contributed by atoms with Crippen molar-refractivity contribution in [1.29, 1.82) is 0 Å². The second kappa shape index (κ2) is 10.1. The molecule has 0 fully saturated rings. The number of nitro groups is 1. The van der Waals surface area contributed by atoms with Crippen molar-refractivity contribution in [1.82, 2.24) is 9.97 Å². The zero-order valence-corrected chi connectivity index (χ0v) is 20.3. The molecule has 4 rings (SSSR count). The maximum absolute atomic E-state index is 13.3. The molecular weight excluding hydrogens is 468 g/mol. The Balaban J connectivity index is 1.69. The second-order valence-corrected chi connectivity index (χ2v) is 9.04. The van der Waals surface area contributed by atoms with E-state index in [0.29, 0.717) is 33.6 Å². The molecule has 0 spiro atoms. The van der Waals surface area contributed by atoms with Crippen LogP contribution in [0.15, 0.2) is 69.8 Å². The van der Waals surface area contributed by atoms with Crippen LogP contribution < -0.4 is 10.9 Å². The molecule has 9 nitrogen and oxygen atoms in total. The van der Waals surface area contributed by atoms with Crippen molar-refractivity contribution in [3.8, 4) is 0 Å². The van der Waals surface area contributed by atoms with Crippen LogP contribution in [0.2, 0.25) is 0 Å². The minimum atomic E-state index is -0.629. The fourth-order valence-electron chi connectivity index (χ4n) is 3.94.